The van der Waals surface area contributed by atoms with Crippen LogP contribution in [0.5, 0.6) is 0 Å². The molecule has 0 atom stereocenters. The summed E-state index contributed by atoms with van der Waals surface area (Å²) in [6.07, 6.45) is 3.71. The molecular formula is C8H13N3O2. The molecule has 5 nitrogen and oxygen atoms in total. The summed E-state index contributed by atoms with van der Waals surface area (Å²) >= 11 is 0. The van der Waals surface area contributed by atoms with Gasteiger partial charge < -0.3 is 15.2 Å². The molecule has 0 aliphatic rings. The Morgan fingerprint density at radius 2 is 2.54 bits per heavy atom. The molecule has 0 aliphatic heterocycles. The minimum Gasteiger partial charge on any atom is -0.364 e. The van der Waals surface area contributed by atoms with Crippen LogP contribution < -0.4 is 10.6 Å². The van der Waals surface area contributed by atoms with Crippen LogP contribution in [0.2, 0.25) is 0 Å². The maximum atomic E-state index is 10.8. The van der Waals surface area contributed by atoms with Crippen molar-refractivity contribution < 1.29 is 9.32 Å². The smallest absolute Gasteiger partial charge is 0.221 e. The Balaban J connectivity index is 2.05. The van der Waals surface area contributed by atoms with Crippen LogP contribution in [0.25, 0.3) is 0 Å². The first-order valence-corrected chi connectivity index (χ1v) is 4.12. The van der Waals surface area contributed by atoms with Gasteiger partial charge in [0.1, 0.15) is 6.26 Å². The molecule has 0 bridgehead atoms. The van der Waals surface area contributed by atoms with Gasteiger partial charge in [0.15, 0.2) is 0 Å². The molecule has 0 aromatic carbocycles. The van der Waals surface area contributed by atoms with Crippen molar-refractivity contribution in [1.82, 2.24) is 15.8 Å². The number of rotatable bonds is 5. The molecule has 13 heavy (non-hydrogen) atoms. The predicted octanol–water partition coefficient (Wildman–Crippen LogP) is -0.0997. The molecule has 0 unspecified atom stereocenters. The molecule has 1 amide bonds. The van der Waals surface area contributed by atoms with Gasteiger partial charge in [-0.2, -0.15) is 0 Å². The van der Waals surface area contributed by atoms with Crippen LogP contribution in [0.3, 0.4) is 0 Å². The van der Waals surface area contributed by atoms with Gasteiger partial charge in [0.25, 0.3) is 0 Å². The van der Waals surface area contributed by atoms with Crippen molar-refractivity contribution in [3.63, 3.8) is 0 Å². The summed E-state index contributed by atoms with van der Waals surface area (Å²) in [7, 11) is 1.63. The zero-order valence-electron chi connectivity index (χ0n) is 7.54. The zero-order chi connectivity index (χ0) is 9.52. The normalized spacial score (nSPS) is 9.92. The largest absolute Gasteiger partial charge is 0.364 e. The average molecular weight is 183 g/mol. The summed E-state index contributed by atoms with van der Waals surface area (Å²) in [5.41, 5.74) is 0.983. The second kappa shape index (κ2) is 5.31. The Hall–Kier alpha value is -1.36. The molecule has 0 saturated heterocycles. The maximum Gasteiger partial charge on any atom is 0.221 e. The molecule has 1 rings (SSSR count). The third-order valence-corrected chi connectivity index (χ3v) is 1.62. The summed E-state index contributed by atoms with van der Waals surface area (Å²) in [4.78, 5) is 10.8. The second-order valence-corrected chi connectivity index (χ2v) is 2.63. The van der Waals surface area contributed by atoms with Crippen LogP contribution in [-0.2, 0) is 11.3 Å². The molecule has 1 aromatic heterocycles. The van der Waals surface area contributed by atoms with Gasteiger partial charge in [0.2, 0.25) is 5.91 Å². The van der Waals surface area contributed by atoms with Gasteiger partial charge in [-0.05, 0) is 0 Å². The molecular weight excluding hydrogens is 170 g/mol. The van der Waals surface area contributed by atoms with Crippen molar-refractivity contribution in [2.24, 2.45) is 0 Å². The topological polar surface area (TPSA) is 67.2 Å². The van der Waals surface area contributed by atoms with Gasteiger partial charge in [0, 0.05) is 32.1 Å². The number of nitrogens with zero attached hydrogens (tertiary/aromatic N) is 1. The van der Waals surface area contributed by atoms with Crippen molar-refractivity contribution in [2.75, 3.05) is 13.6 Å². The molecule has 0 spiro atoms. The van der Waals surface area contributed by atoms with Crippen molar-refractivity contribution in [3.8, 4) is 0 Å². The van der Waals surface area contributed by atoms with Gasteiger partial charge in [-0.1, -0.05) is 5.16 Å². The highest BCUT2D eigenvalue weighted by Gasteiger charge is 1.97. The number of nitrogens with one attached hydrogen (secondary N) is 2. The number of hydrogen-bond donors (Lipinski definition) is 2. The molecule has 72 valence electrons. The second-order valence-electron chi connectivity index (χ2n) is 2.63. The van der Waals surface area contributed by atoms with Crippen molar-refractivity contribution in [2.45, 2.75) is 13.0 Å². The highest BCUT2D eigenvalue weighted by Crippen LogP contribution is 1.94. The summed E-state index contributed by atoms with van der Waals surface area (Å²) in [6.45, 7) is 1.34. The third-order valence-electron chi connectivity index (χ3n) is 1.62. The Morgan fingerprint density at radius 1 is 1.69 bits per heavy atom. The first-order valence-electron chi connectivity index (χ1n) is 4.12. The standard InChI is InChI=1S/C8H13N3O2/c1-9-8(12)2-3-10-4-7-5-11-13-6-7/h5-6,10H,2-4H2,1H3,(H,9,12). The molecule has 0 aliphatic carbocycles. The number of amides is 1. The average Bonchev–Trinajstić information content (AvgIpc) is 2.64. The van der Waals surface area contributed by atoms with Gasteiger partial charge in [-0.3, -0.25) is 4.79 Å². The van der Waals surface area contributed by atoms with E-state index in [-0.39, 0.29) is 5.91 Å². The zero-order valence-corrected chi connectivity index (χ0v) is 7.54. The van der Waals surface area contributed by atoms with E-state index < -0.39 is 0 Å². The molecule has 5 heteroatoms. The van der Waals surface area contributed by atoms with E-state index in [2.05, 4.69) is 20.3 Å². The van der Waals surface area contributed by atoms with E-state index in [0.717, 1.165) is 5.56 Å². The number of hydrogen-bond acceptors (Lipinski definition) is 4. The highest BCUT2D eigenvalue weighted by molar-refractivity contribution is 5.75. The van der Waals surface area contributed by atoms with E-state index in [4.69, 9.17) is 0 Å². The lowest BCUT2D eigenvalue weighted by molar-refractivity contribution is -0.120. The highest BCUT2D eigenvalue weighted by atomic mass is 16.5. The number of aromatic nitrogens is 1. The van der Waals surface area contributed by atoms with Gasteiger partial charge in [-0.15, -0.1) is 0 Å². The first-order chi connectivity index (χ1) is 6.33. The maximum absolute atomic E-state index is 10.8. The predicted molar refractivity (Wildman–Crippen MR) is 46.9 cm³/mol. The fraction of sp³-hybridized carbons (Fsp3) is 0.500. The lowest BCUT2D eigenvalue weighted by Gasteiger charge is -2.00. The van der Waals surface area contributed by atoms with Gasteiger partial charge in [0.05, 0.1) is 6.20 Å². The van der Waals surface area contributed by atoms with Gasteiger partial charge in [-0.25, -0.2) is 0 Å². The van der Waals surface area contributed by atoms with Crippen LogP contribution >= 0.6 is 0 Å². The quantitative estimate of drug-likeness (QED) is 0.625. The van der Waals surface area contributed by atoms with Gasteiger partial charge >= 0.3 is 0 Å². The molecule has 1 aromatic rings. The first kappa shape index (κ1) is 9.73. The van der Waals surface area contributed by atoms with E-state index in [9.17, 15) is 4.79 Å². The van der Waals surface area contributed by atoms with E-state index in [1.807, 2.05) is 0 Å². The molecule has 0 saturated carbocycles. The van der Waals surface area contributed by atoms with E-state index in [1.54, 1.807) is 19.5 Å². The van der Waals surface area contributed by atoms with Crippen molar-refractivity contribution in [1.29, 1.82) is 0 Å². The Kier molecular flexibility index (Phi) is 3.98. The molecule has 2 N–H and O–H groups in total. The number of carbonyl (C=O) groups excluding carboxylic acids is 1. The molecule has 0 radical (unpaired) electrons. The van der Waals surface area contributed by atoms with E-state index >= 15 is 0 Å². The molecule has 1 heterocycles. The van der Waals surface area contributed by atoms with E-state index in [1.165, 1.54) is 0 Å². The summed E-state index contributed by atoms with van der Waals surface area (Å²) in [6, 6.07) is 0. The minimum absolute atomic E-state index is 0.0396. The van der Waals surface area contributed by atoms with Crippen molar-refractivity contribution in [3.05, 3.63) is 18.0 Å². The Morgan fingerprint density at radius 3 is 3.15 bits per heavy atom. The molecule has 0 fully saturated rings. The van der Waals surface area contributed by atoms with Crippen molar-refractivity contribution >= 4 is 5.91 Å². The summed E-state index contributed by atoms with van der Waals surface area (Å²) in [5.74, 6) is 0.0396. The van der Waals surface area contributed by atoms with Crippen LogP contribution in [0.4, 0.5) is 0 Å². The SMILES string of the molecule is CNC(=O)CCNCc1cnoc1. The summed E-state index contributed by atoms with van der Waals surface area (Å²) in [5, 5.41) is 9.20. The van der Waals surface area contributed by atoms with Crippen LogP contribution in [0.1, 0.15) is 12.0 Å². The Bertz CT molecular complexity index is 246. The fourth-order valence-corrected chi connectivity index (χ4v) is 0.874. The van der Waals surface area contributed by atoms with E-state index in [0.29, 0.717) is 19.5 Å². The summed E-state index contributed by atoms with van der Waals surface area (Å²) < 4.78 is 4.64. The van der Waals surface area contributed by atoms with Crippen LogP contribution in [0.15, 0.2) is 17.0 Å². The lowest BCUT2D eigenvalue weighted by atomic mass is 10.3. The third kappa shape index (κ3) is 3.71. The fourth-order valence-electron chi connectivity index (χ4n) is 0.874. The van der Waals surface area contributed by atoms with Crippen LogP contribution in [0, 0.1) is 0 Å². The lowest BCUT2D eigenvalue weighted by Crippen LogP contribution is -2.24. The minimum atomic E-state index is 0.0396. The number of carbonyl (C=O) groups is 1. The Labute approximate surface area is 76.5 Å². The van der Waals surface area contributed by atoms with Crippen LogP contribution in [-0.4, -0.2) is 24.7 Å². The monoisotopic (exact) mass is 183 g/mol.